The standard InChI is InChI=1S/C14H11FN4O4/c1-7-16-11(18-23-7)12(20)19-5-14(6-19)9-4-8(15)2-3-10(9)17-13(21)22-14/h2-4H,5-6H2,1H3,(H,17,21). The van der Waals surface area contributed by atoms with Crippen molar-refractivity contribution in [3.8, 4) is 0 Å². The number of carbonyl (C=O) groups excluding carboxylic acids is 2. The summed E-state index contributed by atoms with van der Waals surface area (Å²) in [6.07, 6.45) is -0.633. The second-order valence-electron chi connectivity index (χ2n) is 5.50. The number of hydrogen-bond donors (Lipinski definition) is 1. The second kappa shape index (κ2) is 4.51. The molecule has 0 atom stereocenters. The number of aromatic nitrogens is 2. The molecule has 0 radical (unpaired) electrons. The summed E-state index contributed by atoms with van der Waals surface area (Å²) in [6, 6.07) is 4.02. The van der Waals surface area contributed by atoms with Crippen LogP contribution in [0.15, 0.2) is 22.7 Å². The number of carbonyl (C=O) groups is 2. The van der Waals surface area contributed by atoms with Crippen LogP contribution in [-0.2, 0) is 10.3 Å². The number of rotatable bonds is 1. The molecule has 0 unspecified atom stereocenters. The van der Waals surface area contributed by atoms with Crippen LogP contribution < -0.4 is 5.32 Å². The highest BCUT2D eigenvalue weighted by Crippen LogP contribution is 2.43. The molecule has 2 aliphatic heterocycles. The molecule has 1 spiro atoms. The predicted octanol–water partition coefficient (Wildman–Crippen LogP) is 1.43. The zero-order valence-corrected chi connectivity index (χ0v) is 12.0. The minimum Gasteiger partial charge on any atom is -0.434 e. The van der Waals surface area contributed by atoms with Gasteiger partial charge in [-0.2, -0.15) is 4.98 Å². The molecule has 0 saturated carbocycles. The number of nitrogens with zero attached hydrogens (tertiary/aromatic N) is 3. The lowest BCUT2D eigenvalue weighted by Crippen LogP contribution is -2.64. The molecule has 1 aromatic heterocycles. The molecule has 4 rings (SSSR count). The van der Waals surface area contributed by atoms with Crippen molar-refractivity contribution in [3.05, 3.63) is 41.3 Å². The number of nitrogens with one attached hydrogen (secondary N) is 1. The first-order valence-corrected chi connectivity index (χ1v) is 6.86. The Morgan fingerprint density at radius 2 is 2.22 bits per heavy atom. The van der Waals surface area contributed by atoms with E-state index in [2.05, 4.69) is 15.5 Å². The molecule has 0 bridgehead atoms. The minimum atomic E-state index is -1.05. The summed E-state index contributed by atoms with van der Waals surface area (Å²) in [4.78, 5) is 29.2. The molecule has 23 heavy (non-hydrogen) atoms. The van der Waals surface area contributed by atoms with Gasteiger partial charge in [0.25, 0.3) is 11.7 Å². The normalized spacial score (nSPS) is 18.0. The van der Waals surface area contributed by atoms with Crippen LogP contribution in [0.3, 0.4) is 0 Å². The summed E-state index contributed by atoms with van der Waals surface area (Å²) in [7, 11) is 0. The van der Waals surface area contributed by atoms with Crippen molar-refractivity contribution in [2.75, 3.05) is 18.4 Å². The number of anilines is 1. The van der Waals surface area contributed by atoms with Crippen molar-refractivity contribution in [1.82, 2.24) is 15.0 Å². The number of ether oxygens (including phenoxy) is 1. The molecule has 1 N–H and O–H groups in total. The van der Waals surface area contributed by atoms with Gasteiger partial charge in [-0.05, 0) is 18.2 Å². The van der Waals surface area contributed by atoms with E-state index >= 15 is 0 Å². The lowest BCUT2D eigenvalue weighted by Gasteiger charge is -2.50. The van der Waals surface area contributed by atoms with Crippen LogP contribution in [0.1, 0.15) is 22.1 Å². The maximum absolute atomic E-state index is 13.5. The van der Waals surface area contributed by atoms with Crippen molar-refractivity contribution < 1.29 is 23.2 Å². The van der Waals surface area contributed by atoms with Crippen LogP contribution in [0.5, 0.6) is 0 Å². The maximum atomic E-state index is 13.5. The van der Waals surface area contributed by atoms with Crippen molar-refractivity contribution in [2.45, 2.75) is 12.5 Å². The van der Waals surface area contributed by atoms with E-state index in [0.29, 0.717) is 11.3 Å². The quantitative estimate of drug-likeness (QED) is 0.854. The Labute approximate surface area is 129 Å². The van der Waals surface area contributed by atoms with Gasteiger partial charge in [-0.25, -0.2) is 9.18 Å². The Kier molecular flexibility index (Phi) is 2.68. The van der Waals surface area contributed by atoms with Gasteiger partial charge in [-0.3, -0.25) is 10.1 Å². The van der Waals surface area contributed by atoms with E-state index in [-0.39, 0.29) is 24.8 Å². The third-order valence-corrected chi connectivity index (χ3v) is 3.90. The number of fused-ring (bicyclic) bond motifs is 2. The van der Waals surface area contributed by atoms with E-state index in [1.165, 1.54) is 23.1 Å². The highest BCUT2D eigenvalue weighted by atomic mass is 19.1. The second-order valence-corrected chi connectivity index (χ2v) is 5.50. The van der Waals surface area contributed by atoms with E-state index < -0.39 is 23.4 Å². The van der Waals surface area contributed by atoms with Crippen LogP contribution in [0.4, 0.5) is 14.9 Å². The highest BCUT2D eigenvalue weighted by molar-refractivity contribution is 5.93. The van der Waals surface area contributed by atoms with Gasteiger partial charge >= 0.3 is 6.09 Å². The van der Waals surface area contributed by atoms with Gasteiger partial charge in [0, 0.05) is 12.5 Å². The van der Waals surface area contributed by atoms with E-state index in [1.807, 2.05) is 0 Å². The van der Waals surface area contributed by atoms with E-state index in [9.17, 15) is 14.0 Å². The Balaban J connectivity index is 1.62. The van der Waals surface area contributed by atoms with Gasteiger partial charge in [0.15, 0.2) is 5.60 Å². The number of likely N-dealkylation sites (tertiary alicyclic amines) is 1. The molecular formula is C14H11FN4O4. The molecule has 9 heteroatoms. The van der Waals surface area contributed by atoms with Gasteiger partial charge in [0.2, 0.25) is 5.89 Å². The van der Waals surface area contributed by atoms with E-state index in [1.54, 1.807) is 6.92 Å². The topological polar surface area (TPSA) is 97.6 Å². The molecule has 1 saturated heterocycles. The molecule has 8 nitrogen and oxygen atoms in total. The number of amides is 2. The van der Waals surface area contributed by atoms with Crippen molar-refractivity contribution in [1.29, 1.82) is 0 Å². The first kappa shape index (κ1) is 13.7. The average molecular weight is 318 g/mol. The number of benzene rings is 1. The lowest BCUT2D eigenvalue weighted by atomic mass is 9.83. The van der Waals surface area contributed by atoms with Crippen LogP contribution >= 0.6 is 0 Å². The zero-order chi connectivity index (χ0) is 16.2. The van der Waals surface area contributed by atoms with Crippen molar-refractivity contribution in [2.24, 2.45) is 0 Å². The summed E-state index contributed by atoms with van der Waals surface area (Å²) in [6.45, 7) is 1.78. The maximum Gasteiger partial charge on any atom is 0.412 e. The van der Waals surface area contributed by atoms with Crippen LogP contribution in [0.2, 0.25) is 0 Å². The Bertz CT molecular complexity index is 828. The molecule has 1 fully saturated rings. The molecule has 2 amide bonds. The summed E-state index contributed by atoms with van der Waals surface area (Å²) in [5.41, 5.74) is -0.0654. The first-order valence-electron chi connectivity index (χ1n) is 6.86. The SMILES string of the molecule is Cc1nc(C(=O)N2CC3(C2)OC(=O)Nc2ccc(F)cc23)no1. The first-order chi connectivity index (χ1) is 11.0. The molecule has 0 aliphatic carbocycles. The van der Waals surface area contributed by atoms with Crippen LogP contribution in [-0.4, -0.2) is 40.1 Å². The smallest absolute Gasteiger partial charge is 0.412 e. The number of halogens is 1. The molecular weight excluding hydrogens is 307 g/mol. The lowest BCUT2D eigenvalue weighted by molar-refractivity contribution is -0.0920. The summed E-state index contributed by atoms with van der Waals surface area (Å²) >= 11 is 0. The number of aryl methyl sites for hydroxylation is 1. The van der Waals surface area contributed by atoms with Crippen molar-refractivity contribution >= 4 is 17.7 Å². The van der Waals surface area contributed by atoms with Gasteiger partial charge in [-0.15, -0.1) is 0 Å². The van der Waals surface area contributed by atoms with Gasteiger partial charge < -0.3 is 14.2 Å². The predicted molar refractivity (Wildman–Crippen MR) is 73.1 cm³/mol. The molecule has 118 valence electrons. The zero-order valence-electron chi connectivity index (χ0n) is 12.0. The molecule has 2 aliphatic rings. The molecule has 1 aromatic carbocycles. The van der Waals surface area contributed by atoms with Crippen LogP contribution in [0, 0.1) is 12.7 Å². The van der Waals surface area contributed by atoms with Gasteiger partial charge in [0.1, 0.15) is 5.82 Å². The fraction of sp³-hybridized carbons (Fsp3) is 0.286. The largest absolute Gasteiger partial charge is 0.434 e. The van der Waals surface area contributed by atoms with Gasteiger partial charge in [0.05, 0.1) is 18.8 Å². The van der Waals surface area contributed by atoms with Crippen molar-refractivity contribution in [3.63, 3.8) is 0 Å². The van der Waals surface area contributed by atoms with Crippen LogP contribution in [0.25, 0.3) is 0 Å². The van der Waals surface area contributed by atoms with E-state index in [0.717, 1.165) is 0 Å². The third kappa shape index (κ3) is 2.04. The fourth-order valence-electron chi connectivity index (χ4n) is 2.85. The molecule has 3 heterocycles. The summed E-state index contributed by atoms with van der Waals surface area (Å²) in [5, 5.41) is 6.09. The summed E-state index contributed by atoms with van der Waals surface area (Å²) < 4.78 is 23.7. The van der Waals surface area contributed by atoms with E-state index in [4.69, 9.17) is 9.26 Å². The minimum absolute atomic E-state index is 0.0583. The third-order valence-electron chi connectivity index (χ3n) is 3.90. The number of hydrogen-bond acceptors (Lipinski definition) is 6. The Morgan fingerprint density at radius 1 is 1.43 bits per heavy atom. The Hall–Kier alpha value is -2.97. The molecule has 2 aromatic rings. The average Bonchev–Trinajstić information content (AvgIpc) is 2.90. The monoisotopic (exact) mass is 318 g/mol. The van der Waals surface area contributed by atoms with Gasteiger partial charge in [-0.1, -0.05) is 5.16 Å². The Morgan fingerprint density at radius 3 is 2.91 bits per heavy atom. The highest BCUT2D eigenvalue weighted by Gasteiger charge is 2.54. The fourth-order valence-corrected chi connectivity index (χ4v) is 2.85. The summed E-state index contributed by atoms with van der Waals surface area (Å²) in [5.74, 6) is -0.650.